The standard InChI is InChI=1S/C14H20N4O2/c19-12-9-16-11(8-17-12)13(20)18-7-6-15-10-14(18)4-2-1-3-5-14/h8-9,15H,1-7,10H2,(H,17,19). The molecule has 2 heterocycles. The highest BCUT2D eigenvalue weighted by atomic mass is 16.2. The first-order valence-corrected chi connectivity index (χ1v) is 7.29. The lowest BCUT2D eigenvalue weighted by Crippen LogP contribution is -2.63. The molecule has 0 unspecified atom stereocenters. The van der Waals surface area contributed by atoms with Gasteiger partial charge in [-0.2, -0.15) is 0 Å². The van der Waals surface area contributed by atoms with Gasteiger partial charge in [-0.1, -0.05) is 19.3 Å². The topological polar surface area (TPSA) is 78.1 Å². The molecule has 3 rings (SSSR count). The number of carbonyl (C=O) groups excluding carboxylic acids is 1. The molecule has 2 aliphatic rings. The quantitative estimate of drug-likeness (QED) is 0.784. The summed E-state index contributed by atoms with van der Waals surface area (Å²) in [5, 5.41) is 3.42. The minimum absolute atomic E-state index is 0.0641. The third-order valence-corrected chi connectivity index (χ3v) is 4.46. The van der Waals surface area contributed by atoms with Crippen LogP contribution in [0.3, 0.4) is 0 Å². The Morgan fingerprint density at radius 2 is 2.10 bits per heavy atom. The summed E-state index contributed by atoms with van der Waals surface area (Å²) in [4.78, 5) is 32.2. The first-order chi connectivity index (χ1) is 9.71. The second-order valence-corrected chi connectivity index (χ2v) is 5.71. The van der Waals surface area contributed by atoms with Crippen molar-refractivity contribution in [3.8, 4) is 0 Å². The van der Waals surface area contributed by atoms with Crippen molar-refractivity contribution in [3.63, 3.8) is 0 Å². The van der Waals surface area contributed by atoms with E-state index < -0.39 is 0 Å². The van der Waals surface area contributed by atoms with Crippen molar-refractivity contribution in [1.29, 1.82) is 0 Å². The monoisotopic (exact) mass is 276 g/mol. The van der Waals surface area contributed by atoms with Crippen molar-refractivity contribution in [3.05, 3.63) is 28.4 Å². The van der Waals surface area contributed by atoms with Crippen LogP contribution in [-0.4, -0.2) is 45.9 Å². The van der Waals surface area contributed by atoms with Gasteiger partial charge in [-0.3, -0.25) is 9.59 Å². The maximum atomic E-state index is 12.7. The normalized spacial score (nSPS) is 21.9. The number of nitrogens with zero attached hydrogens (tertiary/aromatic N) is 2. The highest BCUT2D eigenvalue weighted by molar-refractivity contribution is 5.92. The summed E-state index contributed by atoms with van der Waals surface area (Å²) in [7, 11) is 0. The Morgan fingerprint density at radius 3 is 2.80 bits per heavy atom. The molecule has 20 heavy (non-hydrogen) atoms. The van der Waals surface area contributed by atoms with E-state index in [4.69, 9.17) is 0 Å². The summed E-state index contributed by atoms with van der Waals surface area (Å²) in [6.45, 7) is 2.39. The van der Waals surface area contributed by atoms with E-state index in [1.54, 1.807) is 0 Å². The average molecular weight is 276 g/mol. The van der Waals surface area contributed by atoms with E-state index in [1.807, 2.05) is 4.90 Å². The molecule has 1 saturated carbocycles. The zero-order chi connectivity index (χ0) is 14.0. The van der Waals surface area contributed by atoms with Crippen LogP contribution in [0.2, 0.25) is 0 Å². The summed E-state index contributed by atoms with van der Waals surface area (Å²) in [6.07, 6.45) is 8.28. The molecule has 1 spiro atoms. The van der Waals surface area contributed by atoms with Crippen LogP contribution in [0.5, 0.6) is 0 Å². The predicted molar refractivity (Wildman–Crippen MR) is 74.6 cm³/mol. The highest BCUT2D eigenvalue weighted by Crippen LogP contribution is 2.35. The van der Waals surface area contributed by atoms with Gasteiger partial charge in [0.05, 0.1) is 11.7 Å². The number of amides is 1. The predicted octanol–water partition coefficient (Wildman–Crippen LogP) is 0.518. The third-order valence-electron chi connectivity index (χ3n) is 4.46. The Bertz CT molecular complexity index is 520. The molecule has 1 aliphatic carbocycles. The average Bonchev–Trinajstić information content (AvgIpc) is 2.49. The van der Waals surface area contributed by atoms with Gasteiger partial charge in [0.2, 0.25) is 0 Å². The number of rotatable bonds is 1. The molecule has 0 bridgehead atoms. The Morgan fingerprint density at radius 1 is 1.30 bits per heavy atom. The van der Waals surface area contributed by atoms with Crippen LogP contribution >= 0.6 is 0 Å². The van der Waals surface area contributed by atoms with E-state index in [9.17, 15) is 9.59 Å². The van der Waals surface area contributed by atoms with Gasteiger partial charge in [0.25, 0.3) is 11.5 Å². The number of nitrogens with one attached hydrogen (secondary N) is 2. The molecule has 6 heteroatoms. The van der Waals surface area contributed by atoms with Gasteiger partial charge < -0.3 is 15.2 Å². The number of H-pyrrole nitrogens is 1. The number of piperazine rings is 1. The number of carbonyl (C=O) groups is 1. The largest absolute Gasteiger partial charge is 0.329 e. The van der Waals surface area contributed by atoms with Crippen LogP contribution in [0.4, 0.5) is 0 Å². The van der Waals surface area contributed by atoms with Crippen molar-refractivity contribution in [2.24, 2.45) is 0 Å². The molecule has 0 aromatic carbocycles. The van der Waals surface area contributed by atoms with Crippen molar-refractivity contribution in [2.45, 2.75) is 37.6 Å². The molecular weight excluding hydrogens is 256 g/mol. The second-order valence-electron chi connectivity index (χ2n) is 5.71. The zero-order valence-corrected chi connectivity index (χ0v) is 11.5. The van der Waals surface area contributed by atoms with E-state index >= 15 is 0 Å². The summed E-state index contributed by atoms with van der Waals surface area (Å²) < 4.78 is 0. The molecule has 2 N–H and O–H groups in total. The van der Waals surface area contributed by atoms with Crippen molar-refractivity contribution in [1.82, 2.24) is 20.2 Å². The third kappa shape index (κ3) is 2.35. The molecule has 6 nitrogen and oxygen atoms in total. The van der Waals surface area contributed by atoms with Gasteiger partial charge in [-0.05, 0) is 12.8 Å². The van der Waals surface area contributed by atoms with Gasteiger partial charge in [0.15, 0.2) is 0 Å². The number of hydrogen-bond donors (Lipinski definition) is 2. The van der Waals surface area contributed by atoms with Crippen molar-refractivity contribution >= 4 is 5.91 Å². The lowest BCUT2D eigenvalue weighted by molar-refractivity contribution is 0.0217. The Hall–Kier alpha value is -1.69. The molecule has 1 aromatic heterocycles. The van der Waals surface area contributed by atoms with Gasteiger partial charge in [0, 0.05) is 25.8 Å². The minimum atomic E-state index is -0.283. The van der Waals surface area contributed by atoms with Crippen LogP contribution in [-0.2, 0) is 0 Å². The first-order valence-electron chi connectivity index (χ1n) is 7.29. The minimum Gasteiger partial charge on any atom is -0.329 e. The van der Waals surface area contributed by atoms with E-state index in [0.717, 1.165) is 25.9 Å². The molecule has 1 aliphatic heterocycles. The Kier molecular flexibility index (Phi) is 3.56. The lowest BCUT2D eigenvalue weighted by Gasteiger charge is -2.49. The van der Waals surface area contributed by atoms with Gasteiger partial charge in [0.1, 0.15) is 5.69 Å². The highest BCUT2D eigenvalue weighted by Gasteiger charge is 2.42. The second kappa shape index (κ2) is 5.36. The van der Waals surface area contributed by atoms with Gasteiger partial charge in [-0.15, -0.1) is 0 Å². The molecule has 1 amide bonds. The van der Waals surface area contributed by atoms with Crippen LogP contribution in [0.1, 0.15) is 42.6 Å². The fraction of sp³-hybridized carbons (Fsp3) is 0.643. The van der Waals surface area contributed by atoms with Crippen LogP contribution in [0, 0.1) is 0 Å². The van der Waals surface area contributed by atoms with E-state index in [1.165, 1.54) is 31.7 Å². The molecule has 1 aromatic rings. The van der Waals surface area contributed by atoms with Crippen LogP contribution in [0.15, 0.2) is 17.2 Å². The molecule has 0 atom stereocenters. The van der Waals surface area contributed by atoms with E-state index in [-0.39, 0.29) is 17.0 Å². The van der Waals surface area contributed by atoms with E-state index in [2.05, 4.69) is 15.3 Å². The van der Waals surface area contributed by atoms with Crippen molar-refractivity contribution in [2.75, 3.05) is 19.6 Å². The molecule has 108 valence electrons. The number of hydrogen-bond acceptors (Lipinski definition) is 4. The van der Waals surface area contributed by atoms with E-state index in [0.29, 0.717) is 12.2 Å². The molecule has 2 fully saturated rings. The van der Waals surface area contributed by atoms with Gasteiger partial charge in [-0.25, -0.2) is 4.98 Å². The maximum Gasteiger partial charge on any atom is 0.274 e. The zero-order valence-electron chi connectivity index (χ0n) is 11.5. The van der Waals surface area contributed by atoms with Crippen molar-refractivity contribution < 1.29 is 4.79 Å². The van der Waals surface area contributed by atoms with Crippen LogP contribution in [0.25, 0.3) is 0 Å². The summed E-state index contributed by atoms with van der Waals surface area (Å²) in [5.41, 5.74) is -0.0172. The molecule has 1 saturated heterocycles. The molecular formula is C14H20N4O2. The Labute approximate surface area is 117 Å². The SMILES string of the molecule is O=C(c1c[nH]c(=O)cn1)N1CCNCC12CCCCC2. The fourth-order valence-electron chi connectivity index (χ4n) is 3.42. The summed E-state index contributed by atoms with van der Waals surface area (Å²) in [6, 6.07) is 0. The lowest BCUT2D eigenvalue weighted by atomic mass is 9.79. The smallest absolute Gasteiger partial charge is 0.274 e. The first kappa shape index (κ1) is 13.3. The van der Waals surface area contributed by atoms with Gasteiger partial charge >= 0.3 is 0 Å². The number of aromatic nitrogens is 2. The Balaban J connectivity index is 1.87. The van der Waals surface area contributed by atoms with Crippen LogP contribution < -0.4 is 10.9 Å². The summed E-state index contributed by atoms with van der Waals surface area (Å²) >= 11 is 0. The summed E-state index contributed by atoms with van der Waals surface area (Å²) in [5.74, 6) is -0.0651. The molecule has 0 radical (unpaired) electrons. The fourth-order valence-corrected chi connectivity index (χ4v) is 3.42. The maximum absolute atomic E-state index is 12.7. The number of aromatic amines is 1.